The summed E-state index contributed by atoms with van der Waals surface area (Å²) in [7, 11) is 0. The smallest absolute Gasteiger partial charge is 0.151 e. The van der Waals surface area contributed by atoms with Gasteiger partial charge < -0.3 is 5.11 Å². The third-order valence-corrected chi connectivity index (χ3v) is 2.16. The van der Waals surface area contributed by atoms with Crippen molar-refractivity contribution in [2.24, 2.45) is 4.99 Å². The second kappa shape index (κ2) is 4.57. The normalized spacial score (nSPS) is 10.8. The van der Waals surface area contributed by atoms with Crippen LogP contribution in [-0.2, 0) is 0 Å². The van der Waals surface area contributed by atoms with Crippen molar-refractivity contribution in [2.45, 2.75) is 6.92 Å². The number of nitrogens with zero attached hydrogens (tertiary/aromatic N) is 2. The molecule has 3 heteroatoms. The Labute approximate surface area is 94.1 Å². The van der Waals surface area contributed by atoms with E-state index in [2.05, 4.69) is 9.98 Å². The molecule has 1 heterocycles. The lowest BCUT2D eigenvalue weighted by Gasteiger charge is -2.07. The van der Waals surface area contributed by atoms with Gasteiger partial charge in [0, 0.05) is 12.4 Å². The molecule has 2 aromatic rings. The number of aryl methyl sites for hydroxylation is 1. The number of para-hydroxylation sites is 1. The van der Waals surface area contributed by atoms with Gasteiger partial charge in [0.2, 0.25) is 0 Å². The summed E-state index contributed by atoms with van der Waals surface area (Å²) in [5.41, 5.74) is 1.67. The first-order valence-electron chi connectivity index (χ1n) is 4.98. The summed E-state index contributed by atoms with van der Waals surface area (Å²) in [6.07, 6.45) is 3.25. The lowest BCUT2D eigenvalue weighted by atomic mass is 10.2. The van der Waals surface area contributed by atoms with Crippen LogP contribution in [-0.4, -0.2) is 11.2 Å². The van der Waals surface area contributed by atoms with Crippen molar-refractivity contribution in [2.75, 3.05) is 0 Å². The molecule has 0 amide bonds. The van der Waals surface area contributed by atoms with Gasteiger partial charge in [-0.1, -0.05) is 24.3 Å². The molecular weight excluding hydrogens is 200 g/mol. The highest BCUT2D eigenvalue weighted by Crippen LogP contribution is 2.13. The van der Waals surface area contributed by atoms with Crippen molar-refractivity contribution in [3.8, 4) is 5.75 Å². The van der Waals surface area contributed by atoms with E-state index in [-0.39, 0.29) is 5.75 Å². The Morgan fingerprint density at radius 3 is 2.81 bits per heavy atom. The molecule has 3 nitrogen and oxygen atoms in total. The zero-order valence-electron chi connectivity index (χ0n) is 8.92. The molecule has 0 spiro atoms. The van der Waals surface area contributed by atoms with Crippen LogP contribution in [0.2, 0.25) is 0 Å². The largest absolute Gasteiger partial charge is 0.872 e. The minimum atomic E-state index is -0.0288. The van der Waals surface area contributed by atoms with E-state index < -0.39 is 0 Å². The minimum Gasteiger partial charge on any atom is -0.872 e. The number of aromatic nitrogens is 1. The van der Waals surface area contributed by atoms with Gasteiger partial charge in [0.1, 0.15) is 0 Å². The van der Waals surface area contributed by atoms with Crippen LogP contribution in [0.4, 0.5) is 5.82 Å². The zero-order valence-corrected chi connectivity index (χ0v) is 8.92. The minimum absolute atomic E-state index is 0.0288. The van der Waals surface area contributed by atoms with Crippen LogP contribution in [0, 0.1) is 6.92 Å². The predicted octanol–water partition coefficient (Wildman–Crippen LogP) is 2.21. The molecule has 0 saturated heterocycles. The van der Waals surface area contributed by atoms with Gasteiger partial charge in [-0.05, 0) is 30.2 Å². The van der Waals surface area contributed by atoms with Crippen LogP contribution in [0.3, 0.4) is 0 Å². The molecule has 0 unspecified atom stereocenters. The molecule has 0 aliphatic carbocycles. The fourth-order valence-electron chi connectivity index (χ4n) is 1.31. The fraction of sp³-hybridized carbons (Fsp3) is 0.0769. The van der Waals surface area contributed by atoms with Crippen molar-refractivity contribution in [1.29, 1.82) is 0 Å². The summed E-state index contributed by atoms with van der Waals surface area (Å²) >= 11 is 0. The highest BCUT2D eigenvalue weighted by atomic mass is 16.3. The molecule has 0 fully saturated rings. The Bertz CT molecular complexity index is 521. The van der Waals surface area contributed by atoms with Gasteiger partial charge in [0.15, 0.2) is 5.82 Å². The lowest BCUT2D eigenvalue weighted by molar-refractivity contribution is -0.268. The third-order valence-electron chi connectivity index (χ3n) is 2.16. The average molecular weight is 211 g/mol. The monoisotopic (exact) mass is 211 g/mol. The predicted molar refractivity (Wildman–Crippen MR) is 62.1 cm³/mol. The van der Waals surface area contributed by atoms with Crippen LogP contribution in [0.1, 0.15) is 11.1 Å². The van der Waals surface area contributed by atoms with Crippen molar-refractivity contribution >= 4 is 12.0 Å². The zero-order chi connectivity index (χ0) is 11.4. The maximum absolute atomic E-state index is 11.4. The van der Waals surface area contributed by atoms with Gasteiger partial charge in [0.05, 0.1) is 0 Å². The Balaban J connectivity index is 2.25. The van der Waals surface area contributed by atoms with Gasteiger partial charge in [-0.25, -0.2) is 9.98 Å². The summed E-state index contributed by atoms with van der Waals surface area (Å²) < 4.78 is 0. The Hall–Kier alpha value is -2.16. The van der Waals surface area contributed by atoms with Gasteiger partial charge in [-0.2, -0.15) is 0 Å². The van der Waals surface area contributed by atoms with Gasteiger partial charge in [-0.3, -0.25) is 0 Å². The highest BCUT2D eigenvalue weighted by Gasteiger charge is 1.91. The van der Waals surface area contributed by atoms with E-state index >= 15 is 0 Å². The van der Waals surface area contributed by atoms with Crippen molar-refractivity contribution in [3.05, 3.63) is 53.7 Å². The molecule has 0 atom stereocenters. The van der Waals surface area contributed by atoms with Gasteiger partial charge in [-0.15, -0.1) is 5.75 Å². The quantitative estimate of drug-likeness (QED) is 0.715. The Morgan fingerprint density at radius 1 is 1.25 bits per heavy atom. The molecular formula is C13H11N2O-. The van der Waals surface area contributed by atoms with E-state index in [1.807, 2.05) is 25.1 Å². The van der Waals surface area contributed by atoms with Crippen molar-refractivity contribution in [1.82, 2.24) is 4.98 Å². The maximum atomic E-state index is 11.4. The first-order valence-corrected chi connectivity index (χ1v) is 4.98. The SMILES string of the molecule is Cc1ccnc(N=Cc2ccccc2[O-])c1. The second-order valence-corrected chi connectivity index (χ2v) is 3.49. The topological polar surface area (TPSA) is 48.3 Å². The van der Waals surface area contributed by atoms with E-state index in [0.29, 0.717) is 11.4 Å². The molecule has 16 heavy (non-hydrogen) atoms. The standard InChI is InChI=1S/C13H12N2O/c1-10-6-7-14-13(8-10)15-9-11-4-2-3-5-12(11)16/h2-9,16H,1H3/p-1. The van der Waals surface area contributed by atoms with Crippen LogP contribution in [0.25, 0.3) is 0 Å². The second-order valence-electron chi connectivity index (χ2n) is 3.49. The number of hydrogen-bond acceptors (Lipinski definition) is 3. The van der Waals surface area contributed by atoms with Gasteiger partial charge in [0.25, 0.3) is 0 Å². The summed E-state index contributed by atoms with van der Waals surface area (Å²) in [6.45, 7) is 1.97. The van der Waals surface area contributed by atoms with E-state index in [1.165, 1.54) is 6.07 Å². The molecule has 80 valence electrons. The number of pyridine rings is 1. The molecule has 1 aromatic carbocycles. The first-order chi connectivity index (χ1) is 7.75. The Kier molecular flexibility index (Phi) is 2.96. The number of benzene rings is 1. The molecule has 0 N–H and O–H groups in total. The number of rotatable bonds is 2. The highest BCUT2D eigenvalue weighted by molar-refractivity contribution is 5.84. The van der Waals surface area contributed by atoms with E-state index in [9.17, 15) is 5.11 Å². The molecule has 0 bridgehead atoms. The Morgan fingerprint density at radius 2 is 2.06 bits per heavy atom. The van der Waals surface area contributed by atoms with Crippen molar-refractivity contribution < 1.29 is 5.11 Å². The van der Waals surface area contributed by atoms with Crippen LogP contribution < -0.4 is 5.11 Å². The van der Waals surface area contributed by atoms with Crippen LogP contribution >= 0.6 is 0 Å². The molecule has 0 saturated carbocycles. The first kappa shape index (κ1) is 10.4. The summed E-state index contributed by atoms with van der Waals surface area (Å²) in [5.74, 6) is 0.585. The lowest BCUT2D eigenvalue weighted by Crippen LogP contribution is -1.94. The van der Waals surface area contributed by atoms with Crippen molar-refractivity contribution in [3.63, 3.8) is 0 Å². The fourth-order valence-corrected chi connectivity index (χ4v) is 1.31. The molecule has 0 aliphatic heterocycles. The average Bonchev–Trinajstić information content (AvgIpc) is 2.28. The summed E-state index contributed by atoms with van der Waals surface area (Å²) in [4.78, 5) is 8.25. The summed E-state index contributed by atoms with van der Waals surface area (Å²) in [5, 5.41) is 11.4. The molecule has 1 aromatic heterocycles. The van der Waals surface area contributed by atoms with Crippen LogP contribution in [0.5, 0.6) is 5.75 Å². The van der Waals surface area contributed by atoms with Gasteiger partial charge >= 0.3 is 0 Å². The molecule has 2 rings (SSSR count). The molecule has 0 radical (unpaired) electrons. The molecule has 0 aliphatic rings. The summed E-state index contributed by atoms with van der Waals surface area (Å²) in [6, 6.07) is 10.5. The van der Waals surface area contributed by atoms with E-state index in [1.54, 1.807) is 24.5 Å². The maximum Gasteiger partial charge on any atom is 0.151 e. The number of aliphatic imine (C=N–C) groups is 1. The van der Waals surface area contributed by atoms with E-state index in [4.69, 9.17) is 0 Å². The third kappa shape index (κ3) is 2.45. The van der Waals surface area contributed by atoms with E-state index in [0.717, 1.165) is 5.56 Å². The van der Waals surface area contributed by atoms with Crippen LogP contribution in [0.15, 0.2) is 47.6 Å². The number of hydrogen-bond donors (Lipinski definition) is 0.